The first-order valence-electron chi connectivity index (χ1n) is 10.0. The highest BCUT2D eigenvalue weighted by Crippen LogP contribution is 2.43. The van der Waals surface area contributed by atoms with Crippen molar-refractivity contribution in [2.45, 2.75) is 37.3 Å². The van der Waals surface area contributed by atoms with Crippen LogP contribution in [0.1, 0.15) is 30.4 Å². The molecule has 1 N–H and O–H groups in total. The SMILES string of the molecule is COc1ccc(OC)c(CNC(=O)[C@@]2(c3ccc(F)cc3)C[C@@H]3CCC(=O)N3C2)c1. The van der Waals surface area contributed by atoms with Crippen molar-refractivity contribution < 1.29 is 23.5 Å². The predicted molar refractivity (Wildman–Crippen MR) is 109 cm³/mol. The summed E-state index contributed by atoms with van der Waals surface area (Å²) in [7, 11) is 3.15. The molecule has 0 aromatic heterocycles. The normalized spacial score (nSPS) is 22.7. The van der Waals surface area contributed by atoms with Gasteiger partial charge in [-0.05, 0) is 48.7 Å². The highest BCUT2D eigenvalue weighted by molar-refractivity contribution is 5.91. The van der Waals surface area contributed by atoms with Crippen LogP contribution in [0.3, 0.4) is 0 Å². The first-order chi connectivity index (χ1) is 14.5. The number of methoxy groups -OCH3 is 2. The van der Waals surface area contributed by atoms with Gasteiger partial charge in [-0.15, -0.1) is 0 Å². The van der Waals surface area contributed by atoms with Crippen LogP contribution in [0.15, 0.2) is 42.5 Å². The van der Waals surface area contributed by atoms with E-state index in [0.717, 1.165) is 17.5 Å². The van der Waals surface area contributed by atoms with Crippen LogP contribution in [-0.4, -0.2) is 43.5 Å². The van der Waals surface area contributed by atoms with Gasteiger partial charge < -0.3 is 19.7 Å². The van der Waals surface area contributed by atoms with E-state index in [4.69, 9.17) is 9.47 Å². The molecule has 2 saturated heterocycles. The van der Waals surface area contributed by atoms with E-state index in [1.807, 2.05) is 6.07 Å². The summed E-state index contributed by atoms with van der Waals surface area (Å²) in [5, 5.41) is 3.02. The first kappa shape index (κ1) is 20.2. The molecule has 2 aromatic rings. The van der Waals surface area contributed by atoms with Crippen LogP contribution in [0.2, 0.25) is 0 Å². The molecule has 2 atom stereocenters. The van der Waals surface area contributed by atoms with E-state index < -0.39 is 5.41 Å². The summed E-state index contributed by atoms with van der Waals surface area (Å²) >= 11 is 0. The van der Waals surface area contributed by atoms with Crippen LogP contribution in [0, 0.1) is 5.82 Å². The fourth-order valence-electron chi connectivity index (χ4n) is 4.62. The third-order valence-electron chi connectivity index (χ3n) is 6.24. The molecule has 0 saturated carbocycles. The molecule has 0 bridgehead atoms. The minimum atomic E-state index is -0.902. The standard InChI is InChI=1S/C23H25FN2O4/c1-29-19-8-9-20(30-2)15(11-19)13-25-22(28)23(16-3-5-17(24)6-4-16)12-18-7-10-21(27)26(18)14-23/h3-6,8-9,11,18H,7,10,12-14H2,1-2H3,(H,25,28)/t18-,23-/m0/s1. The lowest BCUT2D eigenvalue weighted by molar-refractivity contribution is -0.129. The highest BCUT2D eigenvalue weighted by atomic mass is 19.1. The monoisotopic (exact) mass is 412 g/mol. The smallest absolute Gasteiger partial charge is 0.232 e. The van der Waals surface area contributed by atoms with Gasteiger partial charge >= 0.3 is 0 Å². The molecule has 2 aliphatic heterocycles. The zero-order chi connectivity index (χ0) is 21.3. The van der Waals surface area contributed by atoms with Gasteiger partial charge in [0.25, 0.3) is 0 Å². The maximum atomic E-state index is 13.5. The first-order valence-corrected chi connectivity index (χ1v) is 10.0. The van der Waals surface area contributed by atoms with Crippen LogP contribution in [0.4, 0.5) is 4.39 Å². The second-order valence-corrected chi connectivity index (χ2v) is 7.87. The number of carbonyl (C=O) groups excluding carboxylic acids is 2. The number of rotatable bonds is 6. The Morgan fingerprint density at radius 3 is 2.63 bits per heavy atom. The minimum Gasteiger partial charge on any atom is -0.497 e. The van der Waals surface area contributed by atoms with E-state index in [2.05, 4.69) is 5.32 Å². The van der Waals surface area contributed by atoms with Crippen molar-refractivity contribution in [2.24, 2.45) is 0 Å². The topological polar surface area (TPSA) is 67.9 Å². The maximum Gasteiger partial charge on any atom is 0.232 e. The molecule has 0 unspecified atom stereocenters. The minimum absolute atomic E-state index is 0.0414. The number of amides is 2. The lowest BCUT2D eigenvalue weighted by Crippen LogP contribution is -2.46. The van der Waals surface area contributed by atoms with E-state index >= 15 is 0 Å². The number of fused-ring (bicyclic) bond motifs is 1. The fraction of sp³-hybridized carbons (Fsp3) is 0.391. The Morgan fingerprint density at radius 1 is 1.20 bits per heavy atom. The Balaban J connectivity index is 1.61. The molecule has 158 valence electrons. The van der Waals surface area contributed by atoms with Gasteiger partial charge in [0.05, 0.1) is 19.6 Å². The largest absolute Gasteiger partial charge is 0.497 e. The van der Waals surface area contributed by atoms with Crippen molar-refractivity contribution >= 4 is 11.8 Å². The Labute approximate surface area is 175 Å². The molecule has 2 amide bonds. The van der Waals surface area contributed by atoms with Crippen molar-refractivity contribution in [3.8, 4) is 11.5 Å². The summed E-state index contributed by atoms with van der Waals surface area (Å²) in [4.78, 5) is 27.6. The molecule has 2 heterocycles. The van der Waals surface area contributed by atoms with Crippen molar-refractivity contribution in [3.05, 3.63) is 59.4 Å². The summed E-state index contributed by atoms with van der Waals surface area (Å²) in [5.74, 6) is 0.854. The van der Waals surface area contributed by atoms with Crippen LogP contribution in [-0.2, 0) is 21.5 Å². The lowest BCUT2D eigenvalue weighted by Gasteiger charge is -2.29. The van der Waals surface area contributed by atoms with E-state index in [-0.39, 0.29) is 30.2 Å². The summed E-state index contributed by atoms with van der Waals surface area (Å²) < 4.78 is 24.2. The third-order valence-corrected chi connectivity index (χ3v) is 6.24. The van der Waals surface area contributed by atoms with Crippen molar-refractivity contribution in [2.75, 3.05) is 20.8 Å². The number of hydrogen-bond acceptors (Lipinski definition) is 4. The Hall–Kier alpha value is -3.09. The van der Waals surface area contributed by atoms with Gasteiger partial charge in [0.1, 0.15) is 17.3 Å². The summed E-state index contributed by atoms with van der Waals surface area (Å²) in [6.45, 7) is 0.559. The quantitative estimate of drug-likeness (QED) is 0.792. The molecule has 30 heavy (non-hydrogen) atoms. The molecule has 7 heteroatoms. The second kappa shape index (κ2) is 7.97. The molecule has 0 spiro atoms. The molecule has 2 aromatic carbocycles. The van der Waals surface area contributed by atoms with Crippen LogP contribution >= 0.6 is 0 Å². The van der Waals surface area contributed by atoms with Crippen molar-refractivity contribution in [1.29, 1.82) is 0 Å². The van der Waals surface area contributed by atoms with Crippen LogP contribution < -0.4 is 14.8 Å². The summed E-state index contributed by atoms with van der Waals surface area (Å²) in [5.41, 5.74) is 0.607. The average molecular weight is 412 g/mol. The number of carbonyl (C=O) groups is 2. The Morgan fingerprint density at radius 2 is 1.97 bits per heavy atom. The van der Waals surface area contributed by atoms with Gasteiger partial charge in [0.2, 0.25) is 11.8 Å². The number of hydrogen-bond donors (Lipinski definition) is 1. The maximum absolute atomic E-state index is 13.5. The van der Waals surface area contributed by atoms with Gasteiger partial charge in [-0.3, -0.25) is 9.59 Å². The number of benzene rings is 2. The molecular formula is C23H25FN2O4. The molecule has 2 fully saturated rings. The Kier molecular flexibility index (Phi) is 5.37. The zero-order valence-corrected chi connectivity index (χ0v) is 17.1. The molecule has 0 aliphatic carbocycles. The van der Waals surface area contributed by atoms with Gasteiger partial charge in [-0.2, -0.15) is 0 Å². The van der Waals surface area contributed by atoms with Crippen molar-refractivity contribution in [3.63, 3.8) is 0 Å². The van der Waals surface area contributed by atoms with Gasteiger partial charge in [0, 0.05) is 31.1 Å². The molecule has 0 radical (unpaired) electrons. The zero-order valence-electron chi connectivity index (χ0n) is 17.1. The van der Waals surface area contributed by atoms with E-state index in [1.165, 1.54) is 12.1 Å². The Bertz CT molecular complexity index is 962. The van der Waals surface area contributed by atoms with Crippen molar-refractivity contribution in [1.82, 2.24) is 10.2 Å². The number of nitrogens with one attached hydrogen (secondary N) is 1. The molecule has 4 rings (SSSR count). The summed E-state index contributed by atoms with van der Waals surface area (Å²) in [6.07, 6.45) is 1.80. The average Bonchev–Trinajstić information content (AvgIpc) is 3.31. The molecule has 6 nitrogen and oxygen atoms in total. The van der Waals surface area contributed by atoms with E-state index in [1.54, 1.807) is 43.4 Å². The highest BCUT2D eigenvalue weighted by Gasteiger charge is 2.53. The number of ether oxygens (including phenoxy) is 2. The van der Waals surface area contributed by atoms with Gasteiger partial charge in [-0.1, -0.05) is 12.1 Å². The van der Waals surface area contributed by atoms with Gasteiger partial charge in [0.15, 0.2) is 0 Å². The summed E-state index contributed by atoms with van der Waals surface area (Å²) in [6, 6.07) is 11.5. The number of halogens is 1. The second-order valence-electron chi connectivity index (χ2n) is 7.87. The lowest BCUT2D eigenvalue weighted by atomic mass is 9.77. The molecule has 2 aliphatic rings. The van der Waals surface area contributed by atoms with Crippen LogP contribution in [0.25, 0.3) is 0 Å². The molecular weight excluding hydrogens is 387 g/mol. The van der Waals surface area contributed by atoms with E-state index in [9.17, 15) is 14.0 Å². The third kappa shape index (κ3) is 3.49. The number of nitrogens with zero attached hydrogens (tertiary/aromatic N) is 1. The van der Waals surface area contributed by atoms with E-state index in [0.29, 0.717) is 30.9 Å². The van der Waals surface area contributed by atoms with Gasteiger partial charge in [-0.25, -0.2) is 4.39 Å². The van der Waals surface area contributed by atoms with Crippen LogP contribution in [0.5, 0.6) is 11.5 Å². The predicted octanol–water partition coefficient (Wildman–Crippen LogP) is 2.79. The fourth-order valence-corrected chi connectivity index (χ4v) is 4.62.